The van der Waals surface area contributed by atoms with Crippen molar-refractivity contribution in [3.05, 3.63) is 87.9 Å². The number of Topliss-reactive ketones (excluding diaryl/α,β-unsaturated/α-hetero) is 1. The Bertz CT molecular complexity index is 1370. The van der Waals surface area contributed by atoms with Crippen LogP contribution in [0.1, 0.15) is 32.7 Å². The zero-order valence-electron chi connectivity index (χ0n) is 19.4. The van der Waals surface area contributed by atoms with E-state index in [0.717, 1.165) is 14.9 Å². The highest BCUT2D eigenvalue weighted by atomic mass is 79.9. The van der Waals surface area contributed by atoms with E-state index in [-0.39, 0.29) is 36.4 Å². The number of carbonyl (C=O) groups is 4. The van der Waals surface area contributed by atoms with E-state index in [1.807, 2.05) is 12.1 Å². The van der Waals surface area contributed by atoms with Crippen LogP contribution in [0.15, 0.2) is 71.2 Å². The molecule has 0 spiro atoms. The van der Waals surface area contributed by atoms with E-state index in [1.165, 1.54) is 24.3 Å². The summed E-state index contributed by atoms with van der Waals surface area (Å²) >= 11 is 3.30. The van der Waals surface area contributed by atoms with Gasteiger partial charge in [-0.15, -0.1) is 0 Å². The van der Waals surface area contributed by atoms with Crippen molar-refractivity contribution in [2.75, 3.05) is 18.3 Å². The number of ketones is 1. The lowest BCUT2D eigenvalue weighted by Gasteiger charge is -2.16. The first-order chi connectivity index (χ1) is 17.9. The van der Waals surface area contributed by atoms with E-state index >= 15 is 0 Å². The number of nitrogens with zero attached hydrogens (tertiary/aromatic N) is 1. The fraction of sp³-hybridized carbons (Fsp3) is 0.185. The van der Waals surface area contributed by atoms with E-state index in [9.17, 15) is 19.2 Å². The number of hydrogen-bond donors (Lipinski definition) is 1. The van der Waals surface area contributed by atoms with Gasteiger partial charge in [-0.1, -0.05) is 34.1 Å². The maximum absolute atomic E-state index is 12.9. The van der Waals surface area contributed by atoms with Crippen molar-refractivity contribution >= 4 is 45.2 Å². The molecule has 0 aliphatic carbocycles. The fourth-order valence-electron chi connectivity index (χ4n) is 4.03. The van der Waals surface area contributed by atoms with Crippen LogP contribution in [0.4, 0.5) is 5.69 Å². The molecular formula is C27H21BrN2O7. The summed E-state index contributed by atoms with van der Waals surface area (Å²) in [6, 6.07) is 17.5. The summed E-state index contributed by atoms with van der Waals surface area (Å²) in [5.74, 6) is -0.411. The minimum absolute atomic E-state index is 0.0192. The van der Waals surface area contributed by atoms with Crippen molar-refractivity contribution in [2.24, 2.45) is 0 Å². The van der Waals surface area contributed by atoms with E-state index in [1.54, 1.807) is 30.3 Å². The van der Waals surface area contributed by atoms with Gasteiger partial charge in [-0.05, 0) is 54.1 Å². The van der Waals surface area contributed by atoms with Gasteiger partial charge in [-0.3, -0.25) is 14.4 Å². The molecule has 2 aliphatic rings. The first-order valence-electron chi connectivity index (χ1n) is 11.4. The molecule has 37 heavy (non-hydrogen) atoms. The van der Waals surface area contributed by atoms with Gasteiger partial charge >= 0.3 is 5.97 Å². The van der Waals surface area contributed by atoms with Gasteiger partial charge in [0.1, 0.15) is 0 Å². The third kappa shape index (κ3) is 5.40. The van der Waals surface area contributed by atoms with Gasteiger partial charge in [-0.25, -0.2) is 9.69 Å². The highest BCUT2D eigenvalue weighted by molar-refractivity contribution is 9.10. The molecule has 0 bridgehead atoms. The molecule has 9 nitrogen and oxygen atoms in total. The fourth-order valence-corrected chi connectivity index (χ4v) is 4.30. The first-order valence-corrected chi connectivity index (χ1v) is 12.2. The minimum atomic E-state index is -0.681. The van der Waals surface area contributed by atoms with E-state index in [2.05, 4.69) is 21.2 Å². The molecule has 1 atom stereocenters. The molecular weight excluding hydrogens is 544 g/mol. The number of fused-ring (bicyclic) bond motifs is 1. The van der Waals surface area contributed by atoms with Gasteiger partial charge in [0, 0.05) is 16.6 Å². The van der Waals surface area contributed by atoms with Gasteiger partial charge in [0.05, 0.1) is 23.7 Å². The van der Waals surface area contributed by atoms with Crippen LogP contribution in [0.25, 0.3) is 0 Å². The third-order valence-electron chi connectivity index (χ3n) is 6.00. The quantitative estimate of drug-likeness (QED) is 0.251. The number of benzene rings is 3. The summed E-state index contributed by atoms with van der Waals surface area (Å²) in [7, 11) is 0. The molecule has 2 heterocycles. The SMILES string of the molecule is O=C(COC(=O)c1ccc(N2C(=O)CC(NCc3ccc4c(c3)OCO4)C2=O)cc1)c1ccc(Br)cc1. The maximum Gasteiger partial charge on any atom is 0.338 e. The van der Waals surface area contributed by atoms with Crippen LogP contribution in [0.3, 0.4) is 0 Å². The number of hydrogen-bond acceptors (Lipinski definition) is 8. The van der Waals surface area contributed by atoms with Crippen LogP contribution < -0.4 is 19.7 Å². The molecule has 0 radical (unpaired) electrons. The molecule has 1 unspecified atom stereocenters. The molecule has 10 heteroatoms. The van der Waals surface area contributed by atoms with Crippen molar-refractivity contribution in [1.82, 2.24) is 5.32 Å². The molecule has 1 N–H and O–H groups in total. The predicted octanol–water partition coefficient (Wildman–Crippen LogP) is 3.64. The van der Waals surface area contributed by atoms with Crippen LogP contribution in [-0.2, 0) is 20.9 Å². The molecule has 1 fully saturated rings. The second-order valence-electron chi connectivity index (χ2n) is 8.45. The van der Waals surface area contributed by atoms with Crippen LogP contribution in [0, 0.1) is 0 Å². The van der Waals surface area contributed by atoms with E-state index < -0.39 is 18.6 Å². The van der Waals surface area contributed by atoms with Crippen LogP contribution in [-0.4, -0.2) is 43.0 Å². The van der Waals surface area contributed by atoms with Crippen LogP contribution in [0.5, 0.6) is 11.5 Å². The predicted molar refractivity (Wildman–Crippen MR) is 135 cm³/mol. The summed E-state index contributed by atoms with van der Waals surface area (Å²) in [6.07, 6.45) is 0.0192. The molecule has 5 rings (SSSR count). The summed E-state index contributed by atoms with van der Waals surface area (Å²) in [6.45, 7) is 0.150. The number of halogens is 1. The van der Waals surface area contributed by atoms with E-state index in [4.69, 9.17) is 14.2 Å². The molecule has 2 aliphatic heterocycles. The Morgan fingerprint density at radius 2 is 1.65 bits per heavy atom. The Labute approximate surface area is 220 Å². The average molecular weight is 565 g/mol. The minimum Gasteiger partial charge on any atom is -0.454 e. The molecule has 1 saturated heterocycles. The largest absolute Gasteiger partial charge is 0.454 e. The van der Waals surface area contributed by atoms with Crippen molar-refractivity contribution < 1.29 is 33.4 Å². The number of anilines is 1. The van der Waals surface area contributed by atoms with E-state index in [0.29, 0.717) is 29.3 Å². The van der Waals surface area contributed by atoms with Gasteiger partial charge < -0.3 is 19.5 Å². The standard InChI is InChI=1S/C27H21BrN2O7/c28-19-6-2-17(3-7-19)22(31)14-35-27(34)18-4-8-20(9-5-18)30-25(32)12-21(26(30)33)29-13-16-1-10-23-24(11-16)37-15-36-23/h1-11,21,29H,12-15H2. The van der Waals surface area contributed by atoms with Gasteiger partial charge in [0.15, 0.2) is 23.9 Å². The Morgan fingerprint density at radius 1 is 0.946 bits per heavy atom. The number of esters is 1. The number of ether oxygens (including phenoxy) is 3. The lowest BCUT2D eigenvalue weighted by atomic mass is 10.1. The highest BCUT2D eigenvalue weighted by Gasteiger charge is 2.39. The molecule has 3 aromatic rings. The van der Waals surface area contributed by atoms with Gasteiger partial charge in [0.2, 0.25) is 12.7 Å². The van der Waals surface area contributed by atoms with Crippen molar-refractivity contribution in [1.29, 1.82) is 0 Å². The Kier molecular flexibility index (Phi) is 7.02. The lowest BCUT2D eigenvalue weighted by molar-refractivity contribution is -0.121. The average Bonchev–Trinajstić information content (AvgIpc) is 3.49. The van der Waals surface area contributed by atoms with Gasteiger partial charge in [0.25, 0.3) is 5.91 Å². The number of carbonyl (C=O) groups excluding carboxylic acids is 4. The van der Waals surface area contributed by atoms with Crippen molar-refractivity contribution in [2.45, 2.75) is 19.0 Å². The summed E-state index contributed by atoms with van der Waals surface area (Å²) in [4.78, 5) is 51.3. The smallest absolute Gasteiger partial charge is 0.338 e. The number of imide groups is 1. The van der Waals surface area contributed by atoms with Gasteiger partial charge in [-0.2, -0.15) is 0 Å². The maximum atomic E-state index is 12.9. The lowest BCUT2D eigenvalue weighted by Crippen LogP contribution is -2.38. The molecule has 0 aromatic heterocycles. The monoisotopic (exact) mass is 564 g/mol. The Hall–Kier alpha value is -4.02. The van der Waals surface area contributed by atoms with Crippen molar-refractivity contribution in [3.63, 3.8) is 0 Å². The highest BCUT2D eigenvalue weighted by Crippen LogP contribution is 2.32. The zero-order chi connectivity index (χ0) is 25.9. The number of amides is 2. The molecule has 3 aromatic carbocycles. The zero-order valence-corrected chi connectivity index (χ0v) is 21.0. The van der Waals surface area contributed by atoms with Crippen molar-refractivity contribution in [3.8, 4) is 11.5 Å². The summed E-state index contributed by atoms with van der Waals surface area (Å²) in [5.41, 5.74) is 1.87. The molecule has 2 amide bonds. The second-order valence-corrected chi connectivity index (χ2v) is 9.36. The Balaban J connectivity index is 1.17. The normalized spacial score (nSPS) is 16.2. The van der Waals surface area contributed by atoms with Crippen LogP contribution >= 0.6 is 15.9 Å². The Morgan fingerprint density at radius 3 is 2.41 bits per heavy atom. The third-order valence-corrected chi connectivity index (χ3v) is 6.53. The number of nitrogens with one attached hydrogen (secondary N) is 1. The second kappa shape index (κ2) is 10.5. The van der Waals surface area contributed by atoms with Crippen LogP contribution in [0.2, 0.25) is 0 Å². The first kappa shape index (κ1) is 24.7. The summed E-state index contributed by atoms with van der Waals surface area (Å²) < 4.78 is 16.6. The molecule has 188 valence electrons. The summed E-state index contributed by atoms with van der Waals surface area (Å²) in [5, 5.41) is 3.13. The molecule has 0 saturated carbocycles. The topological polar surface area (TPSA) is 111 Å². The number of rotatable bonds is 8.